The van der Waals surface area contributed by atoms with E-state index in [1.54, 1.807) is 14.2 Å². The summed E-state index contributed by atoms with van der Waals surface area (Å²) in [6.45, 7) is 7.71. The van der Waals surface area contributed by atoms with Gasteiger partial charge >= 0.3 is 0 Å². The lowest BCUT2D eigenvalue weighted by Crippen LogP contribution is -2.60. The standard InChI is InChI=1S/C13H27NO3/c1-13(2)11(10-12(13)16-4)14-6-5-7-17-9-8-15-3/h11-12,14H,5-10H2,1-4H3. The Balaban J connectivity index is 1.97. The van der Waals surface area contributed by atoms with Gasteiger partial charge in [0, 0.05) is 32.3 Å². The first-order chi connectivity index (χ1) is 8.12. The molecule has 0 aromatic heterocycles. The summed E-state index contributed by atoms with van der Waals surface area (Å²) >= 11 is 0. The van der Waals surface area contributed by atoms with E-state index in [1.807, 2.05) is 0 Å². The smallest absolute Gasteiger partial charge is 0.0700 e. The Bertz CT molecular complexity index is 209. The highest BCUT2D eigenvalue weighted by atomic mass is 16.5. The second kappa shape index (κ2) is 7.31. The first-order valence-electron chi connectivity index (χ1n) is 6.45. The maximum Gasteiger partial charge on any atom is 0.0700 e. The Morgan fingerprint density at radius 2 is 1.94 bits per heavy atom. The van der Waals surface area contributed by atoms with Crippen molar-refractivity contribution in [2.75, 3.05) is 40.6 Å². The summed E-state index contributed by atoms with van der Waals surface area (Å²) < 4.78 is 15.7. The van der Waals surface area contributed by atoms with Crippen LogP contribution in [0.5, 0.6) is 0 Å². The van der Waals surface area contributed by atoms with Crippen molar-refractivity contribution in [1.82, 2.24) is 5.32 Å². The largest absolute Gasteiger partial charge is 0.382 e. The van der Waals surface area contributed by atoms with Crippen LogP contribution in [0, 0.1) is 5.41 Å². The molecule has 0 radical (unpaired) electrons. The lowest BCUT2D eigenvalue weighted by atomic mass is 9.64. The zero-order valence-corrected chi connectivity index (χ0v) is 11.6. The molecular formula is C13H27NO3. The van der Waals surface area contributed by atoms with Crippen LogP contribution in [0.1, 0.15) is 26.7 Å². The average Bonchev–Trinajstić information content (AvgIpc) is 2.31. The molecule has 4 nitrogen and oxygen atoms in total. The molecule has 0 amide bonds. The van der Waals surface area contributed by atoms with Crippen molar-refractivity contribution < 1.29 is 14.2 Å². The van der Waals surface area contributed by atoms with E-state index >= 15 is 0 Å². The molecule has 0 aliphatic heterocycles. The monoisotopic (exact) mass is 245 g/mol. The summed E-state index contributed by atoms with van der Waals surface area (Å²) in [5.41, 5.74) is 0.256. The number of nitrogens with one attached hydrogen (secondary N) is 1. The fraction of sp³-hybridized carbons (Fsp3) is 1.00. The first kappa shape index (κ1) is 14.9. The van der Waals surface area contributed by atoms with Crippen molar-refractivity contribution in [3.63, 3.8) is 0 Å². The SMILES string of the molecule is COCCOCCCNC1CC(OC)C1(C)C. The van der Waals surface area contributed by atoms with E-state index in [-0.39, 0.29) is 5.41 Å². The number of rotatable bonds is 9. The van der Waals surface area contributed by atoms with Gasteiger partial charge in [0.2, 0.25) is 0 Å². The Labute approximate surface area is 105 Å². The molecule has 0 bridgehead atoms. The minimum Gasteiger partial charge on any atom is -0.382 e. The lowest BCUT2D eigenvalue weighted by Gasteiger charge is -2.51. The van der Waals surface area contributed by atoms with Crippen LogP contribution in [0.3, 0.4) is 0 Å². The van der Waals surface area contributed by atoms with Gasteiger partial charge < -0.3 is 19.5 Å². The Morgan fingerprint density at radius 3 is 2.53 bits per heavy atom. The van der Waals surface area contributed by atoms with Crippen LogP contribution in [0.15, 0.2) is 0 Å². The van der Waals surface area contributed by atoms with Gasteiger partial charge in [0.15, 0.2) is 0 Å². The lowest BCUT2D eigenvalue weighted by molar-refractivity contribution is -0.0975. The van der Waals surface area contributed by atoms with Crippen LogP contribution in [0.25, 0.3) is 0 Å². The molecule has 1 aliphatic carbocycles. The Morgan fingerprint density at radius 1 is 1.18 bits per heavy atom. The number of ether oxygens (including phenoxy) is 3. The van der Waals surface area contributed by atoms with Crippen LogP contribution in [0.4, 0.5) is 0 Å². The van der Waals surface area contributed by atoms with Gasteiger partial charge in [-0.15, -0.1) is 0 Å². The minimum absolute atomic E-state index is 0.256. The predicted octanol–water partition coefficient (Wildman–Crippen LogP) is 1.44. The van der Waals surface area contributed by atoms with Crippen molar-refractivity contribution >= 4 is 0 Å². The molecule has 1 rings (SSSR count). The van der Waals surface area contributed by atoms with Crippen molar-refractivity contribution in [2.45, 2.75) is 38.8 Å². The van der Waals surface area contributed by atoms with Crippen LogP contribution >= 0.6 is 0 Å². The van der Waals surface area contributed by atoms with E-state index in [4.69, 9.17) is 14.2 Å². The van der Waals surface area contributed by atoms with Gasteiger partial charge in [-0.3, -0.25) is 0 Å². The molecule has 1 fully saturated rings. The third-order valence-corrected chi connectivity index (χ3v) is 3.75. The van der Waals surface area contributed by atoms with E-state index < -0.39 is 0 Å². The second-order valence-electron chi connectivity index (χ2n) is 5.25. The molecule has 17 heavy (non-hydrogen) atoms. The summed E-state index contributed by atoms with van der Waals surface area (Å²) in [6.07, 6.45) is 2.57. The molecule has 1 aliphatic rings. The highest BCUT2D eigenvalue weighted by Crippen LogP contribution is 2.42. The molecule has 4 heteroatoms. The molecule has 0 spiro atoms. The molecule has 1 saturated carbocycles. The van der Waals surface area contributed by atoms with Gasteiger partial charge in [-0.2, -0.15) is 0 Å². The van der Waals surface area contributed by atoms with Crippen LogP contribution in [-0.4, -0.2) is 52.7 Å². The maximum absolute atomic E-state index is 5.42. The van der Waals surface area contributed by atoms with E-state index in [9.17, 15) is 0 Å². The van der Waals surface area contributed by atoms with Gasteiger partial charge in [0.25, 0.3) is 0 Å². The van der Waals surface area contributed by atoms with Gasteiger partial charge in [-0.1, -0.05) is 13.8 Å². The molecule has 2 unspecified atom stereocenters. The molecule has 102 valence electrons. The quantitative estimate of drug-likeness (QED) is 0.624. The minimum atomic E-state index is 0.256. The normalized spacial score (nSPS) is 26.8. The fourth-order valence-electron chi connectivity index (χ4n) is 2.33. The molecule has 0 aromatic carbocycles. The Kier molecular flexibility index (Phi) is 6.41. The highest BCUT2D eigenvalue weighted by Gasteiger charge is 2.47. The molecular weight excluding hydrogens is 218 g/mol. The van der Waals surface area contributed by atoms with Gasteiger partial charge in [0.05, 0.1) is 19.3 Å². The molecule has 0 saturated heterocycles. The van der Waals surface area contributed by atoms with Gasteiger partial charge in [-0.05, 0) is 19.4 Å². The van der Waals surface area contributed by atoms with Crippen molar-refractivity contribution in [3.05, 3.63) is 0 Å². The molecule has 0 aromatic rings. The second-order valence-corrected chi connectivity index (χ2v) is 5.25. The van der Waals surface area contributed by atoms with Crippen LogP contribution in [0.2, 0.25) is 0 Å². The average molecular weight is 245 g/mol. The summed E-state index contributed by atoms with van der Waals surface area (Å²) in [6, 6.07) is 0.575. The van der Waals surface area contributed by atoms with E-state index in [0.29, 0.717) is 25.4 Å². The number of methoxy groups -OCH3 is 2. The van der Waals surface area contributed by atoms with Gasteiger partial charge in [0.1, 0.15) is 0 Å². The first-order valence-corrected chi connectivity index (χ1v) is 6.45. The summed E-state index contributed by atoms with van der Waals surface area (Å²) in [4.78, 5) is 0. The number of hydrogen-bond acceptors (Lipinski definition) is 4. The third-order valence-electron chi connectivity index (χ3n) is 3.75. The van der Waals surface area contributed by atoms with E-state index in [0.717, 1.165) is 26.0 Å². The van der Waals surface area contributed by atoms with Crippen molar-refractivity contribution in [3.8, 4) is 0 Å². The summed E-state index contributed by atoms with van der Waals surface area (Å²) in [5.74, 6) is 0. The zero-order valence-electron chi connectivity index (χ0n) is 11.6. The van der Waals surface area contributed by atoms with E-state index in [2.05, 4.69) is 19.2 Å². The summed E-state index contributed by atoms with van der Waals surface area (Å²) in [7, 11) is 3.49. The molecule has 0 heterocycles. The van der Waals surface area contributed by atoms with Crippen LogP contribution < -0.4 is 5.32 Å². The topological polar surface area (TPSA) is 39.7 Å². The van der Waals surface area contributed by atoms with Crippen molar-refractivity contribution in [1.29, 1.82) is 0 Å². The third kappa shape index (κ3) is 4.21. The Hall–Kier alpha value is -0.160. The van der Waals surface area contributed by atoms with Gasteiger partial charge in [-0.25, -0.2) is 0 Å². The molecule has 1 N–H and O–H groups in total. The molecule has 2 atom stereocenters. The van der Waals surface area contributed by atoms with E-state index in [1.165, 1.54) is 0 Å². The predicted molar refractivity (Wildman–Crippen MR) is 68.3 cm³/mol. The van der Waals surface area contributed by atoms with Crippen molar-refractivity contribution in [2.24, 2.45) is 5.41 Å². The highest BCUT2D eigenvalue weighted by molar-refractivity contribution is 5.02. The fourth-order valence-corrected chi connectivity index (χ4v) is 2.33. The maximum atomic E-state index is 5.42. The number of hydrogen-bond donors (Lipinski definition) is 1. The van der Waals surface area contributed by atoms with Crippen LogP contribution in [-0.2, 0) is 14.2 Å². The zero-order chi connectivity index (χ0) is 12.7. The summed E-state index contributed by atoms with van der Waals surface area (Å²) in [5, 5.41) is 3.57.